The molecule has 1 N–H and O–H groups in total. The number of carbonyl (C=O) groups excluding carboxylic acids is 2. The van der Waals surface area contributed by atoms with Crippen molar-refractivity contribution in [1.29, 1.82) is 0 Å². The van der Waals surface area contributed by atoms with Gasteiger partial charge in [0.1, 0.15) is 11.9 Å². The average Bonchev–Trinajstić information content (AvgIpc) is 3.25. The van der Waals surface area contributed by atoms with Crippen molar-refractivity contribution >= 4 is 22.8 Å². The molecule has 6 nitrogen and oxygen atoms in total. The van der Waals surface area contributed by atoms with Crippen molar-refractivity contribution in [2.24, 2.45) is 0 Å². The van der Waals surface area contributed by atoms with E-state index in [0.29, 0.717) is 13.1 Å². The summed E-state index contributed by atoms with van der Waals surface area (Å²) in [6.07, 6.45) is 0.834. The average molecular weight is 453 g/mol. The molecule has 2 atom stereocenters. The van der Waals surface area contributed by atoms with Gasteiger partial charge in [0, 0.05) is 13.1 Å². The fraction of sp³-hybridized carbons (Fsp3) is 0.250. The monoisotopic (exact) mass is 452 g/mol. The molecule has 0 fully saturated rings. The lowest BCUT2D eigenvalue weighted by Crippen LogP contribution is -2.46. The van der Waals surface area contributed by atoms with Crippen LogP contribution in [0.25, 0.3) is 11.0 Å². The molecule has 34 heavy (non-hydrogen) atoms. The van der Waals surface area contributed by atoms with E-state index in [0.717, 1.165) is 28.8 Å². The van der Waals surface area contributed by atoms with Crippen LogP contribution in [-0.4, -0.2) is 32.8 Å². The largest absolute Gasteiger partial charge is 0.356 e. The number of hydrogen-bond acceptors (Lipinski definition) is 3. The highest BCUT2D eigenvalue weighted by molar-refractivity contribution is 5.90. The maximum atomic E-state index is 13.8. The van der Waals surface area contributed by atoms with Crippen molar-refractivity contribution in [2.75, 3.05) is 6.54 Å². The Morgan fingerprint density at radius 1 is 0.912 bits per heavy atom. The van der Waals surface area contributed by atoms with Gasteiger partial charge in [-0.3, -0.25) is 9.59 Å². The van der Waals surface area contributed by atoms with Gasteiger partial charge in [0.15, 0.2) is 0 Å². The summed E-state index contributed by atoms with van der Waals surface area (Å²) in [5.41, 5.74) is 3.95. The van der Waals surface area contributed by atoms with E-state index < -0.39 is 6.04 Å². The highest BCUT2D eigenvalue weighted by Crippen LogP contribution is 2.37. The van der Waals surface area contributed by atoms with Gasteiger partial charge in [-0.2, -0.15) is 0 Å². The number of nitrogens with zero attached hydrogens (tertiary/aromatic N) is 3. The predicted octanol–water partition coefficient (Wildman–Crippen LogP) is 4.43. The predicted molar refractivity (Wildman–Crippen MR) is 132 cm³/mol. The summed E-state index contributed by atoms with van der Waals surface area (Å²) in [6.45, 7) is 3.02. The maximum Gasteiger partial charge on any atom is 0.247 e. The minimum Gasteiger partial charge on any atom is -0.356 e. The number of para-hydroxylation sites is 2. The van der Waals surface area contributed by atoms with Crippen molar-refractivity contribution in [3.63, 3.8) is 0 Å². The number of amides is 2. The number of aromatic nitrogens is 2. The van der Waals surface area contributed by atoms with E-state index in [-0.39, 0.29) is 24.3 Å². The van der Waals surface area contributed by atoms with E-state index >= 15 is 0 Å². The van der Waals surface area contributed by atoms with E-state index in [1.54, 1.807) is 0 Å². The number of carbonyl (C=O) groups is 2. The summed E-state index contributed by atoms with van der Waals surface area (Å²) in [5, 5.41) is 3.00. The van der Waals surface area contributed by atoms with Crippen LogP contribution in [0.3, 0.4) is 0 Å². The molecule has 0 bridgehead atoms. The zero-order valence-electron chi connectivity index (χ0n) is 19.2. The number of hydrogen-bond donors (Lipinski definition) is 1. The smallest absolute Gasteiger partial charge is 0.247 e. The van der Waals surface area contributed by atoms with Crippen LogP contribution in [0.2, 0.25) is 0 Å². The van der Waals surface area contributed by atoms with Crippen LogP contribution in [0.4, 0.5) is 0 Å². The molecular weight excluding hydrogens is 424 g/mol. The van der Waals surface area contributed by atoms with Crippen molar-refractivity contribution in [3.8, 4) is 0 Å². The molecule has 1 aliphatic rings. The molecule has 0 aliphatic carbocycles. The first-order chi connectivity index (χ1) is 16.6. The summed E-state index contributed by atoms with van der Waals surface area (Å²) >= 11 is 0. The molecule has 2 heterocycles. The first-order valence-corrected chi connectivity index (χ1v) is 11.7. The second-order valence-electron chi connectivity index (χ2n) is 8.76. The fourth-order valence-corrected chi connectivity index (χ4v) is 4.73. The Hall–Kier alpha value is -3.93. The summed E-state index contributed by atoms with van der Waals surface area (Å²) < 4.78 is 1.97. The summed E-state index contributed by atoms with van der Waals surface area (Å²) in [5.74, 6) is 0.635. The van der Waals surface area contributed by atoms with E-state index in [2.05, 4.69) is 5.32 Å². The Labute approximate surface area is 199 Å². The zero-order valence-corrected chi connectivity index (χ0v) is 19.2. The van der Waals surface area contributed by atoms with Crippen LogP contribution in [0.15, 0.2) is 84.9 Å². The van der Waals surface area contributed by atoms with Crippen LogP contribution in [0.1, 0.15) is 42.4 Å². The zero-order chi connectivity index (χ0) is 23.5. The normalized spacial score (nSPS) is 17.6. The van der Waals surface area contributed by atoms with Crippen molar-refractivity contribution in [1.82, 2.24) is 19.8 Å². The Bertz CT molecular complexity index is 1300. The summed E-state index contributed by atoms with van der Waals surface area (Å²) in [7, 11) is 0. The van der Waals surface area contributed by atoms with E-state index in [9.17, 15) is 9.59 Å². The highest BCUT2D eigenvalue weighted by Gasteiger charge is 2.40. The molecule has 3 aromatic carbocycles. The highest BCUT2D eigenvalue weighted by atomic mass is 16.2. The van der Waals surface area contributed by atoms with Gasteiger partial charge in [0.05, 0.1) is 23.5 Å². The van der Waals surface area contributed by atoms with Gasteiger partial charge < -0.3 is 14.8 Å². The number of imidazole rings is 1. The standard InChI is InChI=1S/C28H28N4O2/c1-20-27-30-23-14-8-9-15-24(23)32(27)25(28(34)31(20)19-22-12-6-3-7-13-22)18-26(33)29-17-16-21-10-4-2-5-11-21/h2-15,20,25H,16-19H2,1H3,(H,29,33)/t20-,25+/m1/s1. The number of rotatable bonds is 7. The number of fused-ring (bicyclic) bond motifs is 3. The lowest BCUT2D eigenvalue weighted by atomic mass is 10.0. The second kappa shape index (κ2) is 9.51. The molecule has 4 aromatic rings. The molecule has 5 rings (SSSR count). The maximum absolute atomic E-state index is 13.8. The third-order valence-electron chi connectivity index (χ3n) is 6.50. The Balaban J connectivity index is 1.40. The Kier molecular flexibility index (Phi) is 6.12. The van der Waals surface area contributed by atoms with Crippen LogP contribution in [-0.2, 0) is 22.6 Å². The van der Waals surface area contributed by atoms with Crippen molar-refractivity contribution in [2.45, 2.75) is 38.4 Å². The van der Waals surface area contributed by atoms with Gasteiger partial charge in [-0.15, -0.1) is 0 Å². The molecular formula is C28H28N4O2. The molecule has 2 amide bonds. The summed E-state index contributed by atoms with van der Waals surface area (Å²) in [6, 6.07) is 27.0. The van der Waals surface area contributed by atoms with Gasteiger partial charge in [-0.05, 0) is 36.6 Å². The third-order valence-corrected chi connectivity index (χ3v) is 6.50. The molecule has 0 saturated heterocycles. The van der Waals surface area contributed by atoms with Crippen LogP contribution < -0.4 is 5.32 Å². The quantitative estimate of drug-likeness (QED) is 0.451. The van der Waals surface area contributed by atoms with Gasteiger partial charge >= 0.3 is 0 Å². The first kappa shape index (κ1) is 21.9. The molecule has 0 radical (unpaired) electrons. The molecule has 0 saturated carbocycles. The van der Waals surface area contributed by atoms with Gasteiger partial charge in [-0.25, -0.2) is 4.98 Å². The lowest BCUT2D eigenvalue weighted by Gasteiger charge is -2.38. The van der Waals surface area contributed by atoms with Crippen molar-refractivity contribution in [3.05, 3.63) is 102 Å². The van der Waals surface area contributed by atoms with Gasteiger partial charge in [-0.1, -0.05) is 72.8 Å². The molecule has 6 heteroatoms. The van der Waals surface area contributed by atoms with Gasteiger partial charge in [0.2, 0.25) is 11.8 Å². The van der Waals surface area contributed by atoms with E-state index in [1.807, 2.05) is 101 Å². The molecule has 172 valence electrons. The van der Waals surface area contributed by atoms with Crippen LogP contribution >= 0.6 is 0 Å². The number of benzene rings is 3. The third kappa shape index (κ3) is 4.31. The van der Waals surface area contributed by atoms with E-state index in [4.69, 9.17) is 4.98 Å². The van der Waals surface area contributed by atoms with Crippen molar-refractivity contribution < 1.29 is 9.59 Å². The molecule has 1 aromatic heterocycles. The Morgan fingerprint density at radius 2 is 1.56 bits per heavy atom. The lowest BCUT2D eigenvalue weighted by molar-refractivity contribution is -0.142. The fourth-order valence-electron chi connectivity index (χ4n) is 4.73. The SMILES string of the molecule is C[C@@H]1c2nc3ccccc3n2[C@@H](CC(=O)NCCc2ccccc2)C(=O)N1Cc1ccccc1. The van der Waals surface area contributed by atoms with Crippen LogP contribution in [0, 0.1) is 0 Å². The number of nitrogens with one attached hydrogen (secondary N) is 1. The minimum atomic E-state index is -0.626. The van der Waals surface area contributed by atoms with Crippen LogP contribution in [0.5, 0.6) is 0 Å². The van der Waals surface area contributed by atoms with Gasteiger partial charge in [0.25, 0.3) is 0 Å². The molecule has 1 aliphatic heterocycles. The second-order valence-corrected chi connectivity index (χ2v) is 8.76. The first-order valence-electron chi connectivity index (χ1n) is 11.7. The summed E-state index contributed by atoms with van der Waals surface area (Å²) in [4.78, 5) is 33.4. The molecule has 0 unspecified atom stereocenters. The topological polar surface area (TPSA) is 67.2 Å². The molecule has 0 spiro atoms. The minimum absolute atomic E-state index is 0.0507. The van der Waals surface area contributed by atoms with E-state index in [1.165, 1.54) is 5.56 Å². The Morgan fingerprint density at radius 3 is 2.29 bits per heavy atom.